The van der Waals surface area contributed by atoms with Gasteiger partial charge in [0.05, 0.1) is 11.3 Å². The van der Waals surface area contributed by atoms with Crippen LogP contribution in [0.3, 0.4) is 0 Å². The number of aliphatic hydroxyl groups excluding tert-OH is 2. The minimum absolute atomic E-state index is 0. The SMILES string of the molecule is CO.CO.O=S(=O)([O-])C(F)(F)F.[2H]C(C)(C)C.[2H]C([2H])([2H])c1c[c-]c(-c2cc(C)c(C([2H])([2H])C(C)(C)C)cn2)cc1.[2H]C([2H])([2H])c1c[c-]c(-c2cc(C)c(C([2H])([2H])C(C)(C)C)cn2)cc1.[2H]C([2H])(c1ccnc(-c2cccc3c2oc2cc4c(ccc5ccccc54)cc23)c1)C(C)(C)C.[2H]Cc1ccnc(-c2[c-]ccc3c2oc2cc4c(ccc5ccccc54)cc23)c1.[Ir].[Ir]. The van der Waals surface area contributed by atoms with Gasteiger partial charge >= 0.3 is 5.51 Å². The van der Waals surface area contributed by atoms with Crippen LogP contribution < -0.4 is 0 Å². The Hall–Kier alpha value is -9.64. The molecule has 0 atom stereocenters. The Bertz CT molecular complexity index is 6610. The Kier molecular flexibility index (Phi) is 25.8. The van der Waals surface area contributed by atoms with Gasteiger partial charge < -0.3 is 38.6 Å². The molecule has 0 saturated heterocycles. The van der Waals surface area contributed by atoms with Gasteiger partial charge in [0.15, 0.2) is 10.1 Å². The molecule has 16 rings (SSSR count). The summed E-state index contributed by atoms with van der Waals surface area (Å²) in [6.07, 6.45) is 2.08. The molecule has 2 radical (unpaired) electrons. The predicted molar refractivity (Wildman–Crippen MR) is 465 cm³/mol. The van der Waals surface area contributed by atoms with E-state index in [4.69, 9.17) is 51.2 Å². The van der Waals surface area contributed by atoms with Crippen LogP contribution >= 0.6 is 0 Å². The maximum atomic E-state index is 10.7. The summed E-state index contributed by atoms with van der Waals surface area (Å²) in [7, 11) is -4.09. The third kappa shape index (κ3) is 24.7. The number of nitrogens with zero attached hydrogens (tertiary/aromatic N) is 4. The second-order valence-corrected chi connectivity index (χ2v) is 31.8. The number of para-hydroxylation sites is 1. The zero-order valence-corrected chi connectivity index (χ0v) is 73.1. The molecule has 17 heteroatoms. The largest absolute Gasteiger partial charge is 0.741 e. The zero-order valence-electron chi connectivity index (χ0n) is 81.5. The van der Waals surface area contributed by atoms with E-state index in [1.165, 1.54) is 55.2 Å². The minimum Gasteiger partial charge on any atom is -0.741 e. The molecule has 0 aliphatic rings. The smallest absolute Gasteiger partial charge is 0.485 e. The maximum absolute atomic E-state index is 10.7. The topological polar surface area (TPSA) is 175 Å². The van der Waals surface area contributed by atoms with Crippen LogP contribution in [0.4, 0.5) is 13.2 Å². The van der Waals surface area contributed by atoms with E-state index in [0.717, 1.165) is 91.6 Å². The number of benzene rings is 10. The molecule has 0 saturated carbocycles. The standard InChI is InChI=1S/C30H25NO.C26H16NO.2C18H22N.C4H10.CHF3O3S.2CH4O.2Ir/c1-30(2,3)18-19-13-14-31-27(15-19)24-10-6-9-23-26-16-21-12-11-20-7-4-5-8-22(20)25(21)17-28(26)32-29(23)24;1-16-11-12-27-24(13-16)21-8-4-7-20-23-14-18-10-9-17-5-2-3-6-19(17)22(18)15-25(23)28-26(20)21;2*1-13-6-8-15(9-7-13)17-10-14(2)16(12-19-17)11-18(3,4)5;1-4(2)3;2-1(3,4)8(5,6)7;2*1-2;;/h4-17H,18H2,1-3H3;2-7,9-15H,1H3;2*6-8,10,12H,11H2,1-5H3;4H,1-3H3;(H,5,6,7);2*2H,1H3;;/q;3*-1;;;;;;/p-1/i18D2;1D;2*1D3,11D2;4D;;;;;. The summed E-state index contributed by atoms with van der Waals surface area (Å²) in [6.45, 7) is 22.1. The number of rotatable bonds is 7. The third-order valence-corrected chi connectivity index (χ3v) is 17.6. The fraction of sp³-hybridized carbons (Fsp3) is 0.273. The fourth-order valence-electron chi connectivity index (χ4n) is 12.3. The van der Waals surface area contributed by atoms with Gasteiger partial charge in [-0.3, -0.25) is 4.98 Å². The molecule has 6 heterocycles. The van der Waals surface area contributed by atoms with Crippen LogP contribution in [0.5, 0.6) is 0 Å². The molecule has 10 aromatic carbocycles. The van der Waals surface area contributed by atoms with Crippen molar-refractivity contribution in [2.24, 2.45) is 22.1 Å². The normalized spacial score (nSPS) is 13.9. The summed E-state index contributed by atoms with van der Waals surface area (Å²) < 4.78 is 182. The van der Waals surface area contributed by atoms with E-state index in [-0.39, 0.29) is 64.1 Å². The number of furan rings is 2. The second-order valence-electron chi connectivity index (χ2n) is 30.4. The predicted octanol–water partition coefficient (Wildman–Crippen LogP) is 26.0. The number of aryl methyl sites for hydroxylation is 5. The number of hydrogen-bond donors (Lipinski definition) is 2. The molecule has 2 N–H and O–H groups in total. The van der Waals surface area contributed by atoms with Gasteiger partial charge in [-0.05, 0) is 187 Å². The summed E-state index contributed by atoms with van der Waals surface area (Å²) in [5, 5.41) is 27.9. The summed E-state index contributed by atoms with van der Waals surface area (Å²) in [5.41, 5.74) is 6.66. The second kappa shape index (κ2) is 40.5. The van der Waals surface area contributed by atoms with E-state index < -0.39 is 64.7 Å². The summed E-state index contributed by atoms with van der Waals surface area (Å²) >= 11 is 0. The summed E-state index contributed by atoms with van der Waals surface area (Å²) in [6, 6.07) is 73.9. The summed E-state index contributed by atoms with van der Waals surface area (Å²) in [5.74, 6) is -0.250. The molecule has 6 aromatic heterocycles. The Morgan fingerprint density at radius 3 is 1.35 bits per heavy atom. The third-order valence-electron chi connectivity index (χ3n) is 17.0. The first-order valence-electron chi connectivity index (χ1n) is 43.8. The van der Waals surface area contributed by atoms with Crippen LogP contribution in [0, 0.1) is 74.8 Å². The first kappa shape index (κ1) is 73.9. The van der Waals surface area contributed by atoms with E-state index in [1.54, 1.807) is 55.1 Å². The molecule has 0 amide bonds. The van der Waals surface area contributed by atoms with E-state index in [0.29, 0.717) is 44.9 Å². The van der Waals surface area contributed by atoms with E-state index in [9.17, 15) is 13.2 Å². The number of alkyl halides is 3. The molecule has 0 bridgehead atoms. The van der Waals surface area contributed by atoms with Crippen molar-refractivity contribution in [1.29, 1.82) is 0 Å². The van der Waals surface area contributed by atoms with Crippen molar-refractivity contribution in [2.45, 2.75) is 142 Å². The fourth-order valence-corrected chi connectivity index (χ4v) is 12.3. The molecule has 610 valence electrons. The first-order valence-corrected chi connectivity index (χ1v) is 38.0. The van der Waals surface area contributed by atoms with Gasteiger partial charge in [0.25, 0.3) is 0 Å². The minimum atomic E-state index is -6.09. The Morgan fingerprint density at radius 2 is 0.914 bits per heavy atom. The number of hydrogen-bond acceptors (Lipinski definition) is 11. The number of aromatic nitrogens is 4. The van der Waals surface area contributed by atoms with Gasteiger partial charge in [0.2, 0.25) is 0 Å². The number of pyridine rings is 4. The van der Waals surface area contributed by atoms with E-state index in [2.05, 4.69) is 141 Å². The average molecular weight is 1950 g/mol. The van der Waals surface area contributed by atoms with Crippen LogP contribution in [0.25, 0.3) is 132 Å². The summed E-state index contributed by atoms with van der Waals surface area (Å²) in [4.78, 5) is 17.8. The Labute approximate surface area is 728 Å². The molecule has 16 aromatic rings. The monoisotopic (exact) mass is 1950 g/mol. The van der Waals surface area contributed by atoms with Crippen LogP contribution in [-0.2, 0) is 69.4 Å². The van der Waals surface area contributed by atoms with Crippen molar-refractivity contribution >= 4 is 97.1 Å². The van der Waals surface area contributed by atoms with Crippen LogP contribution in [-0.4, -0.2) is 62.8 Å². The van der Waals surface area contributed by atoms with E-state index in [1.807, 2.05) is 152 Å². The van der Waals surface area contributed by atoms with E-state index >= 15 is 0 Å². The molecule has 11 nitrogen and oxygen atoms in total. The van der Waals surface area contributed by atoms with Gasteiger partial charge in [-0.1, -0.05) is 228 Å². The Balaban J connectivity index is 0.000000224. The number of halogens is 3. The van der Waals surface area contributed by atoms with Crippen LogP contribution in [0.1, 0.15) is 147 Å². The zero-order chi connectivity index (χ0) is 95.2. The van der Waals surface area contributed by atoms with Crippen LogP contribution in [0.15, 0.2) is 234 Å². The van der Waals surface area contributed by atoms with Crippen molar-refractivity contribution < 1.29 is 105 Å². The molecule has 0 aliphatic carbocycles. The maximum Gasteiger partial charge on any atom is 0.485 e. The quantitative estimate of drug-likeness (QED) is 0.0672. The molecule has 116 heavy (non-hydrogen) atoms. The van der Waals surface area contributed by atoms with Crippen molar-refractivity contribution in [1.82, 2.24) is 19.9 Å². The molecule has 0 unspecified atom stereocenters. The number of aliphatic hydroxyl groups is 2. The van der Waals surface area contributed by atoms with Gasteiger partial charge in [-0.15, -0.1) is 89.0 Å². The van der Waals surface area contributed by atoms with Gasteiger partial charge in [-0.2, -0.15) is 13.2 Å². The van der Waals surface area contributed by atoms with Crippen molar-refractivity contribution in [3.63, 3.8) is 0 Å². The van der Waals surface area contributed by atoms with Crippen molar-refractivity contribution in [3.8, 4) is 45.0 Å². The molecule has 0 aliphatic heterocycles. The van der Waals surface area contributed by atoms with Gasteiger partial charge in [-0.25, -0.2) is 8.42 Å². The molecule has 0 spiro atoms. The Morgan fingerprint density at radius 1 is 0.474 bits per heavy atom. The van der Waals surface area contributed by atoms with Crippen molar-refractivity contribution in [2.75, 3.05) is 14.2 Å². The molecule has 0 fully saturated rings. The molecular formula is C99H103F3Ir2N4O7S-4. The van der Waals surface area contributed by atoms with Gasteiger partial charge in [0.1, 0.15) is 16.7 Å². The number of fused-ring (bicyclic) bond motifs is 12. The molecular weight excluding hydrogens is 1830 g/mol. The first-order chi connectivity index (χ1) is 59.5. The van der Waals surface area contributed by atoms with Crippen molar-refractivity contribution in [3.05, 3.63) is 288 Å². The van der Waals surface area contributed by atoms with Crippen LogP contribution in [0.2, 0.25) is 0 Å². The van der Waals surface area contributed by atoms with Gasteiger partial charge in [0, 0.05) is 120 Å². The average Bonchev–Trinajstić information content (AvgIpc) is 1.57.